The average molecular weight is 304 g/mol. The molecule has 4 heteroatoms. The fourth-order valence-corrected chi connectivity index (χ4v) is 2.07. The Morgan fingerprint density at radius 2 is 2.12 bits per heavy atom. The van der Waals surface area contributed by atoms with Crippen molar-refractivity contribution in [3.05, 3.63) is 34.1 Å². The van der Waals surface area contributed by atoms with Crippen molar-refractivity contribution in [2.45, 2.75) is 26.3 Å². The Hall–Kier alpha value is -0.450. The Balaban J connectivity index is 2.67. The molecule has 1 aromatic rings. The lowest BCUT2D eigenvalue weighted by Gasteiger charge is -2.21. The molecule has 0 aromatic heterocycles. The molecule has 0 saturated heterocycles. The maximum Gasteiger partial charge on any atom is 0.123 e. The quantitative estimate of drug-likeness (QED) is 0.836. The average Bonchev–Trinajstić information content (AvgIpc) is 2.31. The molecule has 0 aliphatic carbocycles. The molecule has 0 amide bonds. The minimum absolute atomic E-state index is 0.136. The Kier molecular flexibility index (Phi) is 6.70. The van der Waals surface area contributed by atoms with Crippen LogP contribution in [0.1, 0.15) is 25.3 Å². The van der Waals surface area contributed by atoms with Crippen molar-refractivity contribution in [3.8, 4) is 0 Å². The van der Waals surface area contributed by atoms with Crippen LogP contribution in [0.5, 0.6) is 0 Å². The maximum atomic E-state index is 13.1. The fourth-order valence-electron chi connectivity index (χ4n) is 1.70. The highest BCUT2D eigenvalue weighted by atomic mass is 79.9. The van der Waals surface area contributed by atoms with Gasteiger partial charge in [-0.1, -0.05) is 29.3 Å². The molecule has 1 rings (SSSR count). The molecule has 0 aliphatic heterocycles. The van der Waals surface area contributed by atoms with Gasteiger partial charge in [-0.2, -0.15) is 0 Å². The minimum Gasteiger partial charge on any atom is -0.395 e. The molecule has 0 bridgehead atoms. The van der Waals surface area contributed by atoms with Crippen LogP contribution in [0.2, 0.25) is 0 Å². The first-order valence-electron chi connectivity index (χ1n) is 5.94. The lowest BCUT2D eigenvalue weighted by Crippen LogP contribution is -2.27. The minimum atomic E-state index is -0.220. The molecule has 1 aromatic carbocycles. The Bertz CT molecular complexity index is 346. The van der Waals surface area contributed by atoms with Gasteiger partial charge in [0.05, 0.1) is 6.61 Å². The summed E-state index contributed by atoms with van der Waals surface area (Å²) in [6, 6.07) is 4.71. The number of halogens is 2. The van der Waals surface area contributed by atoms with Gasteiger partial charge in [0, 0.05) is 17.6 Å². The summed E-state index contributed by atoms with van der Waals surface area (Å²) in [7, 11) is 0. The van der Waals surface area contributed by atoms with E-state index in [0.29, 0.717) is 13.1 Å². The topological polar surface area (TPSA) is 23.5 Å². The highest BCUT2D eigenvalue weighted by Gasteiger charge is 2.08. The molecule has 0 heterocycles. The van der Waals surface area contributed by atoms with Crippen LogP contribution in [-0.2, 0) is 6.54 Å². The molecule has 1 N–H and O–H groups in total. The maximum absolute atomic E-state index is 13.1. The van der Waals surface area contributed by atoms with E-state index in [1.807, 2.05) is 0 Å². The third-order valence-electron chi connectivity index (χ3n) is 2.65. The molecule has 0 saturated carbocycles. The van der Waals surface area contributed by atoms with Gasteiger partial charge >= 0.3 is 0 Å². The molecule has 2 nitrogen and oxygen atoms in total. The van der Waals surface area contributed by atoms with E-state index < -0.39 is 0 Å². The van der Waals surface area contributed by atoms with Gasteiger partial charge < -0.3 is 5.11 Å². The highest BCUT2D eigenvalue weighted by molar-refractivity contribution is 9.10. The van der Waals surface area contributed by atoms with E-state index >= 15 is 0 Å². The van der Waals surface area contributed by atoms with Crippen LogP contribution >= 0.6 is 15.9 Å². The van der Waals surface area contributed by atoms with Crippen molar-refractivity contribution in [2.24, 2.45) is 0 Å². The Morgan fingerprint density at radius 1 is 1.35 bits per heavy atom. The van der Waals surface area contributed by atoms with Gasteiger partial charge in [0.25, 0.3) is 0 Å². The summed E-state index contributed by atoms with van der Waals surface area (Å²) in [6.07, 6.45) is 2.21. The van der Waals surface area contributed by atoms with Gasteiger partial charge in [0.2, 0.25) is 0 Å². The number of aliphatic hydroxyl groups excluding tert-OH is 1. The van der Waals surface area contributed by atoms with E-state index in [9.17, 15) is 4.39 Å². The highest BCUT2D eigenvalue weighted by Crippen LogP contribution is 2.19. The fraction of sp³-hybridized carbons (Fsp3) is 0.538. The number of rotatable bonds is 7. The zero-order valence-electron chi connectivity index (χ0n) is 10.1. The molecule has 0 radical (unpaired) electrons. The summed E-state index contributed by atoms with van der Waals surface area (Å²) < 4.78 is 14.1. The van der Waals surface area contributed by atoms with E-state index in [4.69, 9.17) is 5.11 Å². The summed E-state index contributed by atoms with van der Waals surface area (Å²) in [4.78, 5) is 2.14. The van der Waals surface area contributed by atoms with E-state index in [-0.39, 0.29) is 12.4 Å². The van der Waals surface area contributed by atoms with Gasteiger partial charge in [-0.15, -0.1) is 0 Å². The third kappa shape index (κ3) is 5.15. The molecule has 0 fully saturated rings. The predicted molar refractivity (Wildman–Crippen MR) is 71.4 cm³/mol. The molecule has 0 unspecified atom stereocenters. The van der Waals surface area contributed by atoms with Crippen molar-refractivity contribution in [1.29, 1.82) is 0 Å². The summed E-state index contributed by atoms with van der Waals surface area (Å²) in [5, 5.41) is 9.01. The normalized spacial score (nSPS) is 11.1. The van der Waals surface area contributed by atoms with Gasteiger partial charge in [-0.25, -0.2) is 4.39 Å². The zero-order valence-corrected chi connectivity index (χ0v) is 11.7. The molecule has 0 aliphatic rings. The summed E-state index contributed by atoms with van der Waals surface area (Å²) in [5.41, 5.74) is 0.926. The van der Waals surface area contributed by atoms with Crippen LogP contribution in [0, 0.1) is 5.82 Å². The summed E-state index contributed by atoms with van der Waals surface area (Å²) in [6.45, 7) is 4.49. The van der Waals surface area contributed by atoms with Crippen LogP contribution in [0.25, 0.3) is 0 Å². The van der Waals surface area contributed by atoms with E-state index in [1.165, 1.54) is 6.07 Å². The van der Waals surface area contributed by atoms with Crippen molar-refractivity contribution in [2.75, 3.05) is 19.7 Å². The second-order valence-electron chi connectivity index (χ2n) is 4.09. The SMILES string of the molecule is CCCCN(CCO)Cc1cc(F)ccc1Br. The molecule has 96 valence electrons. The van der Waals surface area contributed by atoms with Gasteiger partial charge in [-0.3, -0.25) is 4.90 Å². The monoisotopic (exact) mass is 303 g/mol. The predicted octanol–water partition coefficient (Wildman–Crippen LogP) is 3.18. The van der Waals surface area contributed by atoms with Crippen molar-refractivity contribution in [3.63, 3.8) is 0 Å². The largest absolute Gasteiger partial charge is 0.395 e. The number of aliphatic hydroxyl groups is 1. The van der Waals surface area contributed by atoms with Crippen molar-refractivity contribution in [1.82, 2.24) is 4.90 Å². The van der Waals surface area contributed by atoms with Crippen LogP contribution in [0.4, 0.5) is 4.39 Å². The number of hydrogen-bond acceptors (Lipinski definition) is 2. The first-order valence-corrected chi connectivity index (χ1v) is 6.73. The van der Waals surface area contributed by atoms with Crippen LogP contribution in [-0.4, -0.2) is 29.7 Å². The van der Waals surface area contributed by atoms with Gasteiger partial charge in [0.1, 0.15) is 5.82 Å². The molecular formula is C13H19BrFNO. The standard InChI is InChI=1S/C13H19BrFNO/c1-2-3-6-16(7-8-17)10-11-9-12(15)4-5-13(11)14/h4-5,9,17H,2-3,6-8,10H2,1H3. The Labute approximate surface area is 111 Å². The molecule has 0 spiro atoms. The van der Waals surface area contributed by atoms with Crippen molar-refractivity contribution >= 4 is 15.9 Å². The van der Waals surface area contributed by atoms with Crippen molar-refractivity contribution < 1.29 is 9.50 Å². The molecule has 17 heavy (non-hydrogen) atoms. The van der Waals surface area contributed by atoms with Crippen LogP contribution < -0.4 is 0 Å². The van der Waals surface area contributed by atoms with Gasteiger partial charge in [0.15, 0.2) is 0 Å². The second kappa shape index (κ2) is 7.80. The lowest BCUT2D eigenvalue weighted by atomic mass is 10.2. The number of hydrogen-bond donors (Lipinski definition) is 1. The first-order chi connectivity index (χ1) is 8.17. The summed E-state index contributed by atoms with van der Waals surface area (Å²) >= 11 is 3.42. The first kappa shape index (κ1) is 14.6. The molecule has 0 atom stereocenters. The lowest BCUT2D eigenvalue weighted by molar-refractivity contribution is 0.188. The smallest absolute Gasteiger partial charge is 0.123 e. The van der Waals surface area contributed by atoms with Crippen LogP contribution in [0.3, 0.4) is 0 Å². The molecular weight excluding hydrogens is 285 g/mol. The van der Waals surface area contributed by atoms with Crippen LogP contribution in [0.15, 0.2) is 22.7 Å². The second-order valence-corrected chi connectivity index (χ2v) is 4.94. The number of benzene rings is 1. The van der Waals surface area contributed by atoms with E-state index in [0.717, 1.165) is 29.4 Å². The number of unbranched alkanes of at least 4 members (excludes halogenated alkanes) is 1. The van der Waals surface area contributed by atoms with Gasteiger partial charge in [-0.05, 0) is 36.7 Å². The Morgan fingerprint density at radius 3 is 2.76 bits per heavy atom. The number of nitrogens with zero attached hydrogens (tertiary/aromatic N) is 1. The third-order valence-corrected chi connectivity index (χ3v) is 3.42. The zero-order chi connectivity index (χ0) is 12.7. The van der Waals surface area contributed by atoms with E-state index in [1.54, 1.807) is 12.1 Å². The summed E-state index contributed by atoms with van der Waals surface area (Å²) in [5.74, 6) is -0.220. The van der Waals surface area contributed by atoms with E-state index in [2.05, 4.69) is 27.8 Å².